The molecule has 3 nitrogen and oxygen atoms in total. The van der Waals surface area contributed by atoms with Gasteiger partial charge in [0.05, 0.1) is 12.0 Å². The summed E-state index contributed by atoms with van der Waals surface area (Å²) in [6.45, 7) is 17.2. The van der Waals surface area contributed by atoms with E-state index in [0.717, 1.165) is 25.0 Å². The normalized spacial score (nSPS) is 16.7. The number of aliphatic hydroxyl groups excluding tert-OH is 1. The van der Waals surface area contributed by atoms with Crippen LogP contribution in [0.5, 0.6) is 0 Å². The average Bonchev–Trinajstić information content (AvgIpc) is 2.37. The summed E-state index contributed by atoms with van der Waals surface area (Å²) in [5, 5.41) is 9.87. The third kappa shape index (κ3) is 8.63. The lowest BCUT2D eigenvalue weighted by Gasteiger charge is -2.36. The van der Waals surface area contributed by atoms with E-state index in [1.807, 2.05) is 19.1 Å². The Morgan fingerprint density at radius 2 is 1.83 bits per heavy atom. The Kier molecular flexibility index (Phi) is 9.25. The molecule has 0 bridgehead atoms. The Morgan fingerprint density at radius 3 is 2.26 bits per heavy atom. The first-order chi connectivity index (χ1) is 10.4. The predicted molar refractivity (Wildman–Crippen MR) is 101 cm³/mol. The zero-order valence-corrected chi connectivity index (χ0v) is 17.3. The largest absolute Gasteiger partial charge is 0.417 e. The molecular formula is C19H36O3Si. The molecule has 0 aromatic rings. The van der Waals surface area contributed by atoms with E-state index in [0.29, 0.717) is 0 Å². The van der Waals surface area contributed by atoms with E-state index in [1.165, 1.54) is 6.92 Å². The first-order valence-electron chi connectivity index (χ1n) is 8.56. The fraction of sp³-hybridized carbons (Fsp3) is 0.737. The summed E-state index contributed by atoms with van der Waals surface area (Å²) in [6, 6.07) is 0. The van der Waals surface area contributed by atoms with Crippen molar-refractivity contribution in [3.8, 4) is 0 Å². The molecule has 2 atom stereocenters. The molecule has 0 amide bonds. The Balaban J connectivity index is 4.28. The van der Waals surface area contributed by atoms with Crippen LogP contribution in [0.4, 0.5) is 0 Å². The molecule has 2 unspecified atom stereocenters. The summed E-state index contributed by atoms with van der Waals surface area (Å²) in [5.74, 6) is -0.419. The van der Waals surface area contributed by atoms with E-state index in [9.17, 15) is 9.90 Å². The standard InChI is InChI=1S/C19H36O3Si/c1-15(14-18(16(2)20)17(3)21)12-10-9-11-13-22-23(7,8)19(4,5)6/h10,12,14,16,18,20H,9,11,13H2,1-8H3/b12-10+,15-14+. The third-order valence-electron chi connectivity index (χ3n) is 4.60. The summed E-state index contributed by atoms with van der Waals surface area (Å²) in [5.41, 5.74) is 1.01. The summed E-state index contributed by atoms with van der Waals surface area (Å²) in [6.07, 6.45) is 7.29. The van der Waals surface area contributed by atoms with Crippen LogP contribution in [0.1, 0.15) is 54.4 Å². The minimum absolute atomic E-state index is 0.00415. The van der Waals surface area contributed by atoms with E-state index in [2.05, 4.69) is 39.9 Å². The van der Waals surface area contributed by atoms with Crippen molar-refractivity contribution < 1.29 is 14.3 Å². The Morgan fingerprint density at radius 1 is 1.26 bits per heavy atom. The van der Waals surface area contributed by atoms with Crippen molar-refractivity contribution in [1.29, 1.82) is 0 Å². The number of allylic oxidation sites excluding steroid dienone is 3. The molecule has 0 fully saturated rings. The molecule has 23 heavy (non-hydrogen) atoms. The van der Waals surface area contributed by atoms with Gasteiger partial charge in [-0.05, 0) is 51.7 Å². The molecule has 1 N–H and O–H groups in total. The number of rotatable bonds is 9. The van der Waals surface area contributed by atoms with Crippen molar-refractivity contribution in [3.05, 3.63) is 23.8 Å². The number of hydrogen-bond acceptors (Lipinski definition) is 3. The van der Waals surface area contributed by atoms with Gasteiger partial charge in [-0.15, -0.1) is 0 Å². The lowest BCUT2D eigenvalue weighted by atomic mass is 9.96. The zero-order valence-electron chi connectivity index (χ0n) is 16.3. The van der Waals surface area contributed by atoms with Gasteiger partial charge in [0, 0.05) is 6.61 Å². The average molecular weight is 341 g/mol. The first-order valence-corrected chi connectivity index (χ1v) is 11.5. The zero-order chi connectivity index (χ0) is 18.3. The molecule has 0 saturated carbocycles. The second-order valence-corrected chi connectivity index (χ2v) is 12.8. The lowest BCUT2D eigenvalue weighted by molar-refractivity contribution is -0.121. The van der Waals surface area contributed by atoms with Crippen molar-refractivity contribution in [2.75, 3.05) is 6.61 Å². The molecule has 0 aliphatic heterocycles. The van der Waals surface area contributed by atoms with Crippen molar-refractivity contribution in [2.45, 2.75) is 78.6 Å². The highest BCUT2D eigenvalue weighted by atomic mass is 28.4. The highest BCUT2D eigenvalue weighted by Gasteiger charge is 2.36. The molecule has 0 aliphatic rings. The van der Waals surface area contributed by atoms with Crippen LogP contribution < -0.4 is 0 Å². The molecule has 0 spiro atoms. The lowest BCUT2D eigenvalue weighted by Crippen LogP contribution is -2.40. The van der Waals surface area contributed by atoms with Crippen LogP contribution in [0.3, 0.4) is 0 Å². The highest BCUT2D eigenvalue weighted by molar-refractivity contribution is 6.74. The van der Waals surface area contributed by atoms with Crippen LogP contribution in [0, 0.1) is 5.92 Å². The molecule has 0 rings (SSSR count). The monoisotopic (exact) mass is 340 g/mol. The molecule has 0 heterocycles. The number of ketones is 1. The van der Waals surface area contributed by atoms with Gasteiger partial charge in [-0.25, -0.2) is 0 Å². The van der Waals surface area contributed by atoms with Crippen LogP contribution in [0.2, 0.25) is 18.1 Å². The van der Waals surface area contributed by atoms with Crippen LogP contribution in [0.25, 0.3) is 0 Å². The van der Waals surface area contributed by atoms with E-state index >= 15 is 0 Å². The smallest absolute Gasteiger partial charge is 0.191 e. The second kappa shape index (κ2) is 9.55. The third-order valence-corrected chi connectivity index (χ3v) is 9.13. The van der Waals surface area contributed by atoms with Gasteiger partial charge in [0.2, 0.25) is 0 Å². The molecule has 4 heteroatoms. The molecule has 0 radical (unpaired) electrons. The van der Waals surface area contributed by atoms with Crippen molar-refractivity contribution in [3.63, 3.8) is 0 Å². The topological polar surface area (TPSA) is 46.5 Å². The number of Topliss-reactive ketones (excluding diaryl/α,β-unsaturated/α-hetero) is 1. The van der Waals surface area contributed by atoms with Gasteiger partial charge in [-0.2, -0.15) is 0 Å². The van der Waals surface area contributed by atoms with E-state index in [-0.39, 0.29) is 10.8 Å². The maximum atomic E-state index is 11.5. The summed E-state index contributed by atoms with van der Waals surface area (Å²) < 4.78 is 6.14. The molecule has 0 aromatic heterocycles. The van der Waals surface area contributed by atoms with Gasteiger partial charge < -0.3 is 9.53 Å². The van der Waals surface area contributed by atoms with Gasteiger partial charge in [-0.1, -0.05) is 44.6 Å². The molecule has 0 saturated heterocycles. The summed E-state index contributed by atoms with van der Waals surface area (Å²) in [7, 11) is -1.63. The number of carbonyl (C=O) groups excluding carboxylic acids is 1. The fourth-order valence-electron chi connectivity index (χ4n) is 1.95. The Hall–Kier alpha value is -0.713. The number of carbonyl (C=O) groups is 1. The van der Waals surface area contributed by atoms with Gasteiger partial charge in [0.1, 0.15) is 5.78 Å². The minimum Gasteiger partial charge on any atom is -0.417 e. The van der Waals surface area contributed by atoms with E-state index in [1.54, 1.807) is 6.92 Å². The minimum atomic E-state index is -1.63. The van der Waals surface area contributed by atoms with Crippen molar-refractivity contribution >= 4 is 14.1 Å². The molecule has 0 aliphatic carbocycles. The maximum Gasteiger partial charge on any atom is 0.191 e. The van der Waals surface area contributed by atoms with Crippen LogP contribution in [-0.4, -0.2) is 31.9 Å². The maximum absolute atomic E-state index is 11.5. The highest BCUT2D eigenvalue weighted by Crippen LogP contribution is 2.36. The van der Waals surface area contributed by atoms with Crippen LogP contribution >= 0.6 is 0 Å². The van der Waals surface area contributed by atoms with Gasteiger partial charge >= 0.3 is 0 Å². The number of unbranched alkanes of at least 4 members (excludes halogenated alkanes) is 1. The number of aliphatic hydroxyl groups is 1. The molecule has 134 valence electrons. The van der Waals surface area contributed by atoms with Gasteiger partial charge in [0.25, 0.3) is 0 Å². The molecular weight excluding hydrogens is 304 g/mol. The van der Waals surface area contributed by atoms with Crippen molar-refractivity contribution in [2.24, 2.45) is 5.92 Å². The second-order valence-electron chi connectivity index (χ2n) is 7.94. The van der Waals surface area contributed by atoms with Crippen molar-refractivity contribution in [1.82, 2.24) is 0 Å². The predicted octanol–water partition coefficient (Wildman–Crippen LogP) is 4.88. The number of hydrogen-bond donors (Lipinski definition) is 1. The first kappa shape index (κ1) is 22.3. The quantitative estimate of drug-likeness (QED) is 0.370. The van der Waals surface area contributed by atoms with Crippen LogP contribution in [0.15, 0.2) is 23.8 Å². The van der Waals surface area contributed by atoms with Gasteiger partial charge in [-0.3, -0.25) is 4.79 Å². The van der Waals surface area contributed by atoms with E-state index < -0.39 is 20.3 Å². The van der Waals surface area contributed by atoms with Crippen LogP contribution in [-0.2, 0) is 9.22 Å². The van der Waals surface area contributed by atoms with E-state index in [4.69, 9.17) is 4.43 Å². The SMILES string of the molecule is CC(=O)C(/C=C(C)/C=C/CCCO[Si](C)(C)C(C)(C)C)C(C)O. The summed E-state index contributed by atoms with van der Waals surface area (Å²) in [4.78, 5) is 11.5. The fourth-order valence-corrected chi connectivity index (χ4v) is 3.04. The molecule has 0 aromatic carbocycles. The Labute approximate surface area is 144 Å². The Bertz CT molecular complexity index is 428. The summed E-state index contributed by atoms with van der Waals surface area (Å²) >= 11 is 0. The van der Waals surface area contributed by atoms with Gasteiger partial charge in [0.15, 0.2) is 8.32 Å².